The van der Waals surface area contributed by atoms with E-state index in [0.717, 1.165) is 4.90 Å². The number of amides is 2. The fourth-order valence-corrected chi connectivity index (χ4v) is 5.30. The SMILES string of the molecule is CCC(=O)C1(N2c3ccc4c(c3)[N+]2(C(=O)O)C(CC)N4C(=O)O)C=CC=CN1CCC(=O)O.[Cl-]. The number of fused-ring (bicyclic) bond motifs is 1. The minimum absolute atomic E-state index is 0. The van der Waals surface area contributed by atoms with E-state index < -0.39 is 34.6 Å². The van der Waals surface area contributed by atoms with E-state index in [1.165, 1.54) is 9.91 Å². The standard InChI is InChI=1S/C22H24N4O7.ClH/c1-3-17(27)22(10-5-6-11-23(22)12-9-19(28)29)25-14-7-8-15-16(13-14)26(25,21(32)33)18(4-2)24(15)20(30)31;/h5-8,10-11,13,18H,3-4,9,12H2,1-2H3,(H2-,28,29,30,31,32,33);1H. The van der Waals surface area contributed by atoms with Crippen LogP contribution in [-0.4, -0.2) is 62.5 Å². The highest BCUT2D eigenvalue weighted by molar-refractivity contribution is 6.07. The zero-order valence-corrected chi connectivity index (χ0v) is 19.3. The molecule has 0 spiro atoms. The molecule has 2 amide bonds. The van der Waals surface area contributed by atoms with Crippen molar-refractivity contribution in [2.45, 2.75) is 44.9 Å². The van der Waals surface area contributed by atoms with Gasteiger partial charge in [0.05, 0.1) is 12.1 Å². The molecule has 3 heterocycles. The number of aliphatic carboxylic acids is 1. The predicted octanol–water partition coefficient (Wildman–Crippen LogP) is 0.181. The van der Waals surface area contributed by atoms with E-state index in [9.17, 15) is 34.5 Å². The van der Waals surface area contributed by atoms with Gasteiger partial charge in [0.15, 0.2) is 11.5 Å². The largest absolute Gasteiger partial charge is 1.00 e. The fourth-order valence-electron chi connectivity index (χ4n) is 5.30. The summed E-state index contributed by atoms with van der Waals surface area (Å²) in [6.07, 6.45) is 2.63. The number of carbonyl (C=O) groups excluding carboxylic acids is 1. The molecule has 11 nitrogen and oxygen atoms in total. The summed E-state index contributed by atoms with van der Waals surface area (Å²) in [5, 5.41) is 31.3. The molecule has 3 N–H and O–H groups in total. The molecule has 3 atom stereocenters. The van der Waals surface area contributed by atoms with Crippen LogP contribution in [0.1, 0.15) is 33.1 Å². The lowest BCUT2D eigenvalue weighted by Crippen LogP contribution is -3.00. The number of carboxylic acid groups (broad SMARTS) is 3. The van der Waals surface area contributed by atoms with Gasteiger partial charge < -0.3 is 32.6 Å². The van der Waals surface area contributed by atoms with Crippen LogP contribution in [0.4, 0.5) is 26.7 Å². The van der Waals surface area contributed by atoms with Crippen LogP contribution in [0.3, 0.4) is 0 Å². The number of Topliss-reactive ketones (excluding diaryl/α,β-unsaturated/α-hetero) is 1. The molecule has 0 radical (unpaired) electrons. The number of quaternary nitrogens is 1. The lowest BCUT2D eigenvalue weighted by atomic mass is 9.95. The van der Waals surface area contributed by atoms with Gasteiger partial charge in [0.2, 0.25) is 11.8 Å². The number of carboxylic acids is 1. The van der Waals surface area contributed by atoms with Crippen LogP contribution in [0.2, 0.25) is 0 Å². The Bertz CT molecular complexity index is 1120. The number of carbonyl (C=O) groups is 4. The van der Waals surface area contributed by atoms with E-state index in [4.69, 9.17) is 0 Å². The molecule has 3 unspecified atom stereocenters. The van der Waals surface area contributed by atoms with Crippen molar-refractivity contribution in [2.75, 3.05) is 16.5 Å². The molecule has 34 heavy (non-hydrogen) atoms. The van der Waals surface area contributed by atoms with Crippen molar-refractivity contribution in [3.05, 3.63) is 42.6 Å². The van der Waals surface area contributed by atoms with Crippen LogP contribution in [0.25, 0.3) is 0 Å². The monoisotopic (exact) mass is 492 g/mol. The van der Waals surface area contributed by atoms with Crippen molar-refractivity contribution in [3.63, 3.8) is 0 Å². The van der Waals surface area contributed by atoms with Gasteiger partial charge in [0.1, 0.15) is 5.69 Å². The molecule has 0 fully saturated rings. The van der Waals surface area contributed by atoms with Gasteiger partial charge in [-0.3, -0.25) is 9.59 Å². The lowest BCUT2D eigenvalue weighted by Gasteiger charge is -2.52. The van der Waals surface area contributed by atoms with E-state index in [-0.39, 0.29) is 55.4 Å². The van der Waals surface area contributed by atoms with E-state index in [1.807, 2.05) is 0 Å². The minimum atomic E-state index is -1.67. The van der Waals surface area contributed by atoms with Gasteiger partial charge in [0.25, 0.3) is 0 Å². The van der Waals surface area contributed by atoms with Gasteiger partial charge in [0, 0.05) is 31.7 Å². The van der Waals surface area contributed by atoms with Crippen molar-refractivity contribution in [1.82, 2.24) is 9.49 Å². The van der Waals surface area contributed by atoms with Crippen molar-refractivity contribution in [1.29, 1.82) is 0 Å². The summed E-state index contributed by atoms with van der Waals surface area (Å²) in [6.45, 7) is 3.29. The smallest absolute Gasteiger partial charge is 0.546 e. The Morgan fingerprint density at radius 3 is 2.35 bits per heavy atom. The number of rotatable bonds is 7. The summed E-state index contributed by atoms with van der Waals surface area (Å²) >= 11 is 0. The first-order valence-corrected chi connectivity index (χ1v) is 10.6. The van der Waals surface area contributed by atoms with Crippen LogP contribution in [0, 0.1) is 0 Å². The maximum atomic E-state index is 13.7. The third kappa shape index (κ3) is 3.00. The van der Waals surface area contributed by atoms with Crippen molar-refractivity contribution in [2.24, 2.45) is 0 Å². The number of nitrogens with zero attached hydrogens (tertiary/aromatic N) is 4. The zero-order valence-electron chi connectivity index (χ0n) is 18.6. The van der Waals surface area contributed by atoms with Crippen LogP contribution >= 0.6 is 0 Å². The number of anilines is 2. The van der Waals surface area contributed by atoms with Crippen LogP contribution < -0.4 is 26.9 Å². The molecule has 182 valence electrons. The predicted molar refractivity (Wildman–Crippen MR) is 119 cm³/mol. The van der Waals surface area contributed by atoms with Crippen LogP contribution in [-0.2, 0) is 9.59 Å². The Kier molecular flexibility index (Phi) is 6.38. The third-order valence-electron chi connectivity index (χ3n) is 6.50. The molecular weight excluding hydrogens is 468 g/mol. The first kappa shape index (κ1) is 25.1. The molecule has 0 aromatic heterocycles. The second-order valence-electron chi connectivity index (χ2n) is 8.03. The van der Waals surface area contributed by atoms with Crippen molar-refractivity contribution >= 4 is 41.0 Å². The average Bonchev–Trinajstić information content (AvgIpc) is 3.22. The highest BCUT2D eigenvalue weighted by atomic mass is 35.5. The zero-order chi connectivity index (χ0) is 24.1. The third-order valence-corrected chi connectivity index (χ3v) is 6.50. The second kappa shape index (κ2) is 8.65. The highest BCUT2D eigenvalue weighted by Gasteiger charge is 2.71. The molecule has 1 aromatic carbocycles. The number of benzene rings is 1. The fraction of sp³-hybridized carbons (Fsp3) is 0.364. The van der Waals surface area contributed by atoms with Crippen LogP contribution in [0.5, 0.6) is 0 Å². The number of ketones is 1. The van der Waals surface area contributed by atoms with E-state index in [1.54, 1.807) is 56.5 Å². The van der Waals surface area contributed by atoms with Crippen LogP contribution in [0.15, 0.2) is 42.6 Å². The van der Waals surface area contributed by atoms with Gasteiger partial charge in [-0.25, -0.2) is 9.69 Å². The first-order chi connectivity index (χ1) is 15.7. The summed E-state index contributed by atoms with van der Waals surface area (Å²) in [6, 6.07) is 4.75. The van der Waals surface area contributed by atoms with Gasteiger partial charge in [-0.2, -0.15) is 9.80 Å². The molecule has 3 aliphatic rings. The highest BCUT2D eigenvalue weighted by Crippen LogP contribution is 2.57. The maximum Gasteiger partial charge on any atom is 0.546 e. The van der Waals surface area contributed by atoms with Crippen molar-refractivity contribution in [3.8, 4) is 0 Å². The maximum absolute atomic E-state index is 13.7. The molecule has 0 saturated carbocycles. The Labute approximate surface area is 201 Å². The molecular formula is C22H25ClN4O7. The molecule has 2 bridgehead atoms. The topological polar surface area (TPSA) is 139 Å². The Morgan fingerprint density at radius 2 is 1.79 bits per heavy atom. The summed E-state index contributed by atoms with van der Waals surface area (Å²) in [4.78, 5) is 52.8. The summed E-state index contributed by atoms with van der Waals surface area (Å²) in [5.74, 6) is -1.41. The van der Waals surface area contributed by atoms with E-state index in [0.29, 0.717) is 5.69 Å². The summed E-state index contributed by atoms with van der Waals surface area (Å²) in [7, 11) is 0. The number of hydrogen-bond donors (Lipinski definition) is 3. The van der Waals surface area contributed by atoms with E-state index in [2.05, 4.69) is 0 Å². The molecule has 12 heteroatoms. The summed E-state index contributed by atoms with van der Waals surface area (Å²) in [5.41, 5.74) is -0.748. The molecule has 1 aromatic rings. The molecule has 3 aliphatic heterocycles. The number of halogens is 1. The van der Waals surface area contributed by atoms with Crippen molar-refractivity contribution < 1.29 is 46.9 Å². The minimum Gasteiger partial charge on any atom is -1.00 e. The number of allylic oxidation sites excluding steroid dienone is 2. The second-order valence-corrected chi connectivity index (χ2v) is 8.03. The van der Waals surface area contributed by atoms with Gasteiger partial charge in [-0.05, 0) is 24.3 Å². The quantitative estimate of drug-likeness (QED) is 0.455. The first-order valence-electron chi connectivity index (χ1n) is 10.6. The Hall–Kier alpha value is -3.57. The van der Waals surface area contributed by atoms with Gasteiger partial charge >= 0.3 is 18.2 Å². The average molecular weight is 493 g/mol. The normalized spacial score (nSPS) is 25.9. The lowest BCUT2D eigenvalue weighted by molar-refractivity contribution is -0.138. The Balaban J connectivity index is 0.00000324. The Morgan fingerprint density at radius 1 is 1.09 bits per heavy atom. The summed E-state index contributed by atoms with van der Waals surface area (Å²) < 4.78 is -0.923. The molecule has 4 rings (SSSR count). The molecule has 0 aliphatic carbocycles. The number of hydrogen-bond acceptors (Lipinski definition) is 6. The van der Waals surface area contributed by atoms with E-state index >= 15 is 0 Å². The molecule has 0 saturated heterocycles. The van der Waals surface area contributed by atoms with Gasteiger partial charge in [-0.15, -0.1) is 0 Å². The van der Waals surface area contributed by atoms with Gasteiger partial charge in [-0.1, -0.05) is 24.5 Å².